The highest BCUT2D eigenvalue weighted by Crippen LogP contribution is 2.47. The van der Waals surface area contributed by atoms with Gasteiger partial charge < -0.3 is 10.8 Å². The topological polar surface area (TPSA) is 46.2 Å². The summed E-state index contributed by atoms with van der Waals surface area (Å²) in [6, 6.07) is 4.21. The van der Waals surface area contributed by atoms with E-state index in [2.05, 4.69) is 39.8 Å². The van der Waals surface area contributed by atoms with Gasteiger partial charge in [0.2, 0.25) is 0 Å². The van der Waals surface area contributed by atoms with Crippen molar-refractivity contribution in [1.82, 2.24) is 0 Å². The lowest BCUT2D eigenvalue weighted by Crippen LogP contribution is -2.19. The largest absolute Gasteiger partial charge is 0.508 e. The summed E-state index contributed by atoms with van der Waals surface area (Å²) in [5.41, 5.74) is 10.7. The Balaban J connectivity index is 2.18. The Kier molecular flexibility index (Phi) is 5.69. The zero-order valence-corrected chi connectivity index (χ0v) is 14.5. The second-order valence-electron chi connectivity index (χ2n) is 7.18. The van der Waals surface area contributed by atoms with Gasteiger partial charge in [0.15, 0.2) is 0 Å². The van der Waals surface area contributed by atoms with Crippen molar-refractivity contribution in [3.8, 4) is 5.75 Å². The van der Waals surface area contributed by atoms with Crippen molar-refractivity contribution in [3.05, 3.63) is 40.5 Å². The molecule has 1 aromatic rings. The zero-order chi connectivity index (χ0) is 16.3. The smallest absolute Gasteiger partial charge is 0.119 e. The number of aryl methyl sites for hydroxylation is 1. The number of aromatic hydroxyl groups is 1. The van der Waals surface area contributed by atoms with Gasteiger partial charge in [-0.2, -0.15) is 0 Å². The van der Waals surface area contributed by atoms with Crippen LogP contribution in [0.3, 0.4) is 0 Å². The van der Waals surface area contributed by atoms with Crippen LogP contribution in [-0.4, -0.2) is 11.7 Å². The van der Waals surface area contributed by atoms with Gasteiger partial charge in [-0.25, -0.2) is 0 Å². The number of fused-ring (bicyclic) bond motifs is 1. The highest BCUT2D eigenvalue weighted by Gasteiger charge is 2.30. The molecule has 1 unspecified atom stereocenters. The zero-order valence-electron chi connectivity index (χ0n) is 14.5. The molecule has 0 heterocycles. The third-order valence-electron chi connectivity index (χ3n) is 5.26. The molecule has 1 aliphatic rings. The van der Waals surface area contributed by atoms with Crippen molar-refractivity contribution in [2.24, 2.45) is 11.7 Å². The fourth-order valence-corrected chi connectivity index (χ4v) is 3.85. The van der Waals surface area contributed by atoms with Gasteiger partial charge in [-0.1, -0.05) is 31.6 Å². The van der Waals surface area contributed by atoms with Crippen LogP contribution in [0.15, 0.2) is 23.8 Å². The normalized spacial score (nSPS) is 23.2. The number of hydrogen-bond acceptors (Lipinski definition) is 2. The lowest BCUT2D eigenvalue weighted by molar-refractivity contribution is 0.361. The highest BCUT2D eigenvalue weighted by molar-refractivity contribution is 5.48. The van der Waals surface area contributed by atoms with Crippen molar-refractivity contribution >= 4 is 0 Å². The lowest BCUT2D eigenvalue weighted by Gasteiger charge is -2.34. The van der Waals surface area contributed by atoms with Crippen LogP contribution in [0.25, 0.3) is 0 Å². The molecule has 0 aliphatic heterocycles. The summed E-state index contributed by atoms with van der Waals surface area (Å²) in [7, 11) is 0. The van der Waals surface area contributed by atoms with Gasteiger partial charge >= 0.3 is 0 Å². The molecule has 0 amide bonds. The first-order valence-electron chi connectivity index (χ1n) is 8.63. The monoisotopic (exact) mass is 301 g/mol. The van der Waals surface area contributed by atoms with Gasteiger partial charge in [-0.3, -0.25) is 0 Å². The van der Waals surface area contributed by atoms with Crippen LogP contribution in [-0.2, 0) is 0 Å². The summed E-state index contributed by atoms with van der Waals surface area (Å²) in [6.07, 6.45) is 6.97. The van der Waals surface area contributed by atoms with Gasteiger partial charge in [-0.05, 0) is 74.5 Å². The summed E-state index contributed by atoms with van der Waals surface area (Å²) in [4.78, 5) is 0. The molecule has 0 fully saturated rings. The van der Waals surface area contributed by atoms with Gasteiger partial charge in [0.1, 0.15) is 5.75 Å². The fraction of sp³-hybridized carbons (Fsp3) is 0.600. The van der Waals surface area contributed by atoms with E-state index in [1.165, 1.54) is 41.5 Å². The van der Waals surface area contributed by atoms with Crippen molar-refractivity contribution in [1.29, 1.82) is 0 Å². The molecule has 0 radical (unpaired) electrons. The molecule has 0 aromatic heterocycles. The molecule has 0 saturated heterocycles. The molecule has 2 rings (SSSR count). The van der Waals surface area contributed by atoms with Crippen LogP contribution >= 0.6 is 0 Å². The second-order valence-corrected chi connectivity index (χ2v) is 7.18. The number of phenols is 1. The van der Waals surface area contributed by atoms with E-state index < -0.39 is 0 Å². The molecule has 122 valence electrons. The summed E-state index contributed by atoms with van der Waals surface area (Å²) in [5, 5.41) is 10.4. The van der Waals surface area contributed by atoms with Gasteiger partial charge in [0.25, 0.3) is 0 Å². The van der Waals surface area contributed by atoms with Crippen molar-refractivity contribution in [2.75, 3.05) is 6.54 Å². The molecule has 0 bridgehead atoms. The predicted molar refractivity (Wildman–Crippen MR) is 94.4 cm³/mol. The van der Waals surface area contributed by atoms with Crippen LogP contribution in [0.5, 0.6) is 5.75 Å². The molecule has 3 atom stereocenters. The minimum absolute atomic E-state index is 0.471. The first-order chi connectivity index (χ1) is 10.4. The van der Waals surface area contributed by atoms with E-state index in [1.807, 2.05) is 6.07 Å². The molecular formula is C20H31NO. The molecule has 2 heteroatoms. The highest BCUT2D eigenvalue weighted by atomic mass is 16.3. The third-order valence-corrected chi connectivity index (χ3v) is 5.26. The van der Waals surface area contributed by atoms with Crippen LogP contribution in [0.2, 0.25) is 0 Å². The van der Waals surface area contributed by atoms with Crippen LogP contribution in [0.1, 0.15) is 75.0 Å². The van der Waals surface area contributed by atoms with E-state index in [4.69, 9.17) is 5.73 Å². The Labute approximate surface area is 135 Å². The Morgan fingerprint density at radius 1 is 1.41 bits per heavy atom. The van der Waals surface area contributed by atoms with Crippen LogP contribution < -0.4 is 5.73 Å². The third kappa shape index (κ3) is 3.73. The van der Waals surface area contributed by atoms with Crippen LogP contribution in [0.4, 0.5) is 0 Å². The molecule has 0 saturated carbocycles. The van der Waals surface area contributed by atoms with Crippen molar-refractivity contribution in [3.63, 3.8) is 0 Å². The maximum atomic E-state index is 10.4. The van der Waals surface area contributed by atoms with Crippen molar-refractivity contribution < 1.29 is 5.11 Å². The Bertz CT molecular complexity index is 547. The SMILES string of the molecule is C/C(=C\CC[C@H](C)C1CC[C@@H](C)c2c(O)cc(C)cc21)CN. The van der Waals surface area contributed by atoms with E-state index in [0.29, 0.717) is 30.0 Å². The fourth-order valence-electron chi connectivity index (χ4n) is 3.85. The van der Waals surface area contributed by atoms with E-state index in [9.17, 15) is 5.11 Å². The molecule has 1 aromatic carbocycles. The average Bonchev–Trinajstić information content (AvgIpc) is 2.46. The van der Waals surface area contributed by atoms with E-state index >= 15 is 0 Å². The molecule has 22 heavy (non-hydrogen) atoms. The molecule has 0 spiro atoms. The summed E-state index contributed by atoms with van der Waals surface area (Å²) >= 11 is 0. The summed E-state index contributed by atoms with van der Waals surface area (Å²) < 4.78 is 0. The maximum Gasteiger partial charge on any atom is 0.119 e. The number of benzene rings is 1. The maximum absolute atomic E-state index is 10.4. The predicted octanol–water partition coefficient (Wildman–Crippen LogP) is 5.00. The summed E-state index contributed by atoms with van der Waals surface area (Å²) in [6.45, 7) is 9.43. The quantitative estimate of drug-likeness (QED) is 0.751. The number of allylic oxidation sites excluding steroid dienone is 1. The molecular weight excluding hydrogens is 270 g/mol. The average molecular weight is 301 g/mol. The van der Waals surface area contributed by atoms with E-state index in [0.717, 1.165) is 6.42 Å². The summed E-state index contributed by atoms with van der Waals surface area (Å²) in [5.74, 6) is 2.18. The van der Waals surface area contributed by atoms with Gasteiger partial charge in [0, 0.05) is 12.1 Å². The molecule has 2 nitrogen and oxygen atoms in total. The van der Waals surface area contributed by atoms with Crippen LogP contribution in [0, 0.1) is 12.8 Å². The van der Waals surface area contributed by atoms with Crippen molar-refractivity contribution in [2.45, 2.75) is 65.2 Å². The Morgan fingerprint density at radius 2 is 2.14 bits per heavy atom. The number of phenolic OH excluding ortho intramolecular Hbond substituents is 1. The molecule has 1 aliphatic carbocycles. The van der Waals surface area contributed by atoms with Gasteiger partial charge in [0.05, 0.1) is 0 Å². The minimum atomic E-state index is 0.471. The lowest BCUT2D eigenvalue weighted by atomic mass is 9.71. The second kappa shape index (κ2) is 7.32. The van der Waals surface area contributed by atoms with Gasteiger partial charge in [-0.15, -0.1) is 0 Å². The Hall–Kier alpha value is -1.28. The number of rotatable bonds is 5. The number of nitrogens with two attached hydrogens (primary N) is 1. The van der Waals surface area contributed by atoms with E-state index in [-0.39, 0.29) is 0 Å². The van der Waals surface area contributed by atoms with E-state index in [1.54, 1.807) is 0 Å². The number of hydrogen-bond donors (Lipinski definition) is 2. The standard InChI is InChI=1S/C20H31NO/c1-13(12-21)6-5-7-15(3)17-9-8-16(4)20-18(17)10-14(2)11-19(20)22/h6,10-11,15-17,22H,5,7-9,12,21H2,1-4H3/b13-6+/t15-,16+,17?/m0/s1. The molecule has 3 N–H and O–H groups in total. The Morgan fingerprint density at radius 3 is 2.82 bits per heavy atom. The first-order valence-corrected chi connectivity index (χ1v) is 8.63. The first kappa shape index (κ1) is 17.1. The minimum Gasteiger partial charge on any atom is -0.508 e.